The van der Waals surface area contributed by atoms with Gasteiger partial charge in [-0.05, 0) is 23.3 Å². The molecule has 3 heterocycles. The summed E-state index contributed by atoms with van der Waals surface area (Å²) in [5.74, 6) is -0.778. The number of imide groups is 1. The minimum Gasteiger partial charge on any atom is -0.489 e. The maximum Gasteiger partial charge on any atom is 0.254 e. The molecule has 0 aliphatic carbocycles. The molecule has 3 aliphatic heterocycles. The fourth-order valence-electron chi connectivity index (χ4n) is 5.57. The van der Waals surface area contributed by atoms with Gasteiger partial charge in [0.25, 0.3) is 5.91 Å². The number of nitrogens with one attached hydrogen (secondary N) is 1. The van der Waals surface area contributed by atoms with Crippen LogP contribution in [0.5, 0.6) is 5.75 Å². The molecule has 2 fully saturated rings. The average Bonchev–Trinajstić information content (AvgIpc) is 3.24. The minimum absolute atomic E-state index is 0.222. The first-order valence-electron chi connectivity index (χ1n) is 12.9. The van der Waals surface area contributed by atoms with Gasteiger partial charge in [0, 0.05) is 36.6 Å². The normalized spacial score (nSPS) is 25.6. The van der Waals surface area contributed by atoms with Crippen LogP contribution in [0.3, 0.4) is 0 Å². The van der Waals surface area contributed by atoms with Gasteiger partial charge in [-0.1, -0.05) is 35.5 Å². The summed E-state index contributed by atoms with van der Waals surface area (Å²) in [6, 6.07) is 13.8. The van der Waals surface area contributed by atoms with Gasteiger partial charge in [-0.15, -0.1) is 0 Å². The van der Waals surface area contributed by atoms with Gasteiger partial charge in [-0.3, -0.25) is 24.6 Å². The number of fused-ring (bicyclic) bond motifs is 1. The standard InChI is InChI=1S/C25H31B4N3O5/c26-20-21(33)30-23(35)25(29,24(20,27)28)32-13-18-17(22(32)34)2-1-3-19(18)37-14-16-6-4-15(5-7-16)12-31-8-10-36-11-9-31/h1-7,20H,8-14,26-29H2,(H,30,33,35). The van der Waals surface area contributed by atoms with E-state index in [4.69, 9.17) is 9.47 Å². The Kier molecular flexibility index (Phi) is 6.75. The van der Waals surface area contributed by atoms with Crippen molar-refractivity contribution in [2.75, 3.05) is 26.3 Å². The monoisotopic (exact) mass is 497 g/mol. The van der Waals surface area contributed by atoms with E-state index < -0.39 is 22.4 Å². The number of amides is 3. The van der Waals surface area contributed by atoms with Crippen molar-refractivity contribution in [3.63, 3.8) is 0 Å². The quantitative estimate of drug-likeness (QED) is 0.362. The van der Waals surface area contributed by atoms with Gasteiger partial charge in [0.05, 0.1) is 25.2 Å². The Morgan fingerprint density at radius 2 is 1.68 bits per heavy atom. The molecule has 2 saturated heterocycles. The van der Waals surface area contributed by atoms with Crippen LogP contribution in [0.1, 0.15) is 27.0 Å². The molecule has 8 nitrogen and oxygen atoms in total. The largest absolute Gasteiger partial charge is 0.489 e. The number of benzene rings is 2. The van der Waals surface area contributed by atoms with E-state index in [1.165, 1.54) is 5.56 Å². The lowest BCUT2D eigenvalue weighted by Gasteiger charge is -2.54. The molecule has 2 unspecified atom stereocenters. The lowest BCUT2D eigenvalue weighted by molar-refractivity contribution is -0.139. The summed E-state index contributed by atoms with van der Waals surface area (Å²) in [6.45, 7) is 4.99. The van der Waals surface area contributed by atoms with E-state index in [-0.39, 0.29) is 18.4 Å². The highest BCUT2D eigenvalue weighted by Gasteiger charge is 2.60. The maximum atomic E-state index is 13.5. The summed E-state index contributed by atoms with van der Waals surface area (Å²) in [6.07, 6.45) is 0. The molecule has 1 N–H and O–H groups in total. The van der Waals surface area contributed by atoms with Crippen molar-refractivity contribution in [1.82, 2.24) is 15.1 Å². The van der Waals surface area contributed by atoms with Crippen LogP contribution in [-0.2, 0) is 34.0 Å². The van der Waals surface area contributed by atoms with Crippen LogP contribution in [0.4, 0.5) is 0 Å². The zero-order valence-corrected chi connectivity index (χ0v) is 22.0. The fourth-order valence-corrected chi connectivity index (χ4v) is 5.57. The Labute approximate surface area is 221 Å². The van der Waals surface area contributed by atoms with Gasteiger partial charge in [0.1, 0.15) is 43.7 Å². The van der Waals surface area contributed by atoms with Crippen molar-refractivity contribution in [3.05, 3.63) is 64.7 Å². The van der Waals surface area contributed by atoms with Crippen LogP contribution in [0.15, 0.2) is 42.5 Å². The molecule has 3 amide bonds. The first kappa shape index (κ1) is 25.7. The van der Waals surface area contributed by atoms with Crippen molar-refractivity contribution in [1.29, 1.82) is 0 Å². The van der Waals surface area contributed by atoms with E-state index in [9.17, 15) is 14.4 Å². The molecule has 0 aromatic heterocycles. The highest BCUT2D eigenvalue weighted by Crippen LogP contribution is 2.49. The molecule has 0 radical (unpaired) electrons. The van der Waals surface area contributed by atoms with Crippen LogP contribution in [-0.4, -0.2) is 90.6 Å². The van der Waals surface area contributed by atoms with Crippen LogP contribution in [0, 0.1) is 0 Å². The number of carbonyl (C=O) groups excluding carboxylic acids is 3. The molecule has 2 aromatic rings. The van der Waals surface area contributed by atoms with E-state index in [0.717, 1.165) is 44.0 Å². The lowest BCUT2D eigenvalue weighted by Crippen LogP contribution is -2.72. The van der Waals surface area contributed by atoms with Crippen molar-refractivity contribution >= 4 is 49.1 Å². The second-order valence-electron chi connectivity index (χ2n) is 11.0. The Bertz CT molecular complexity index is 1240. The van der Waals surface area contributed by atoms with Crippen LogP contribution < -0.4 is 10.1 Å². The van der Waals surface area contributed by atoms with Crippen molar-refractivity contribution < 1.29 is 23.9 Å². The molecule has 188 valence electrons. The summed E-state index contributed by atoms with van der Waals surface area (Å²) in [5.41, 5.74) is 2.40. The van der Waals surface area contributed by atoms with E-state index in [0.29, 0.717) is 17.9 Å². The summed E-state index contributed by atoms with van der Waals surface area (Å²) in [5, 5.41) is 1.72. The van der Waals surface area contributed by atoms with E-state index in [2.05, 4.69) is 34.5 Å². The second-order valence-corrected chi connectivity index (χ2v) is 11.0. The van der Waals surface area contributed by atoms with Gasteiger partial charge in [-0.2, -0.15) is 0 Å². The molecule has 2 atom stereocenters. The van der Waals surface area contributed by atoms with Gasteiger partial charge in [0.2, 0.25) is 11.8 Å². The number of piperidine rings is 1. The molecule has 0 spiro atoms. The summed E-state index contributed by atoms with van der Waals surface area (Å²) in [4.78, 5) is 43.0. The van der Waals surface area contributed by atoms with E-state index >= 15 is 0 Å². The number of nitrogens with zero attached hydrogens (tertiary/aromatic N) is 2. The van der Waals surface area contributed by atoms with Gasteiger partial charge in [0.15, 0.2) is 0 Å². The molecule has 2 aromatic carbocycles. The first-order valence-corrected chi connectivity index (χ1v) is 12.9. The minimum atomic E-state index is -1.19. The highest BCUT2D eigenvalue weighted by atomic mass is 16.5. The topological polar surface area (TPSA) is 88.2 Å². The van der Waals surface area contributed by atoms with E-state index in [1.807, 2.05) is 27.8 Å². The molecule has 3 aliphatic rings. The van der Waals surface area contributed by atoms with Crippen LogP contribution in [0.25, 0.3) is 0 Å². The predicted octanol–water partition coefficient (Wildman–Crippen LogP) is -2.16. The maximum absolute atomic E-state index is 13.5. The van der Waals surface area contributed by atoms with Crippen molar-refractivity contribution in [3.8, 4) is 5.75 Å². The summed E-state index contributed by atoms with van der Waals surface area (Å²) < 4.78 is 11.6. The SMILES string of the molecule is BC1C(=O)NC(=O)C(B)(N2Cc3c(OCc4ccc(CN5CCOCC5)cc4)cccc3C2=O)C1(B)B. The molecule has 0 saturated carbocycles. The number of carbonyl (C=O) groups is 3. The number of hydrogen-bond donors (Lipinski definition) is 1. The summed E-state index contributed by atoms with van der Waals surface area (Å²) >= 11 is 0. The van der Waals surface area contributed by atoms with Crippen LogP contribution >= 0.6 is 0 Å². The third-order valence-electron chi connectivity index (χ3n) is 8.80. The molecule has 5 rings (SSSR count). The molecular weight excluding hydrogens is 466 g/mol. The molecular formula is C25H31B4N3O5. The van der Waals surface area contributed by atoms with Gasteiger partial charge >= 0.3 is 0 Å². The second kappa shape index (κ2) is 9.72. The van der Waals surface area contributed by atoms with Crippen molar-refractivity contribution in [2.24, 2.45) is 0 Å². The predicted molar refractivity (Wildman–Crippen MR) is 150 cm³/mol. The third-order valence-corrected chi connectivity index (χ3v) is 8.80. The summed E-state index contributed by atoms with van der Waals surface area (Å²) in [7, 11) is 7.32. The van der Waals surface area contributed by atoms with Crippen molar-refractivity contribution in [2.45, 2.75) is 36.2 Å². The Morgan fingerprint density at radius 1 is 1.00 bits per heavy atom. The number of rotatable bonds is 6. The smallest absolute Gasteiger partial charge is 0.254 e. The molecule has 12 heteroatoms. The zero-order valence-electron chi connectivity index (χ0n) is 22.0. The van der Waals surface area contributed by atoms with Crippen LogP contribution in [0.2, 0.25) is 11.0 Å². The lowest BCUT2D eigenvalue weighted by atomic mass is 9.31. The molecule has 37 heavy (non-hydrogen) atoms. The third kappa shape index (κ3) is 4.40. The zero-order chi connectivity index (χ0) is 26.4. The molecule has 0 bridgehead atoms. The fraction of sp³-hybridized carbons (Fsp3) is 0.400. The Morgan fingerprint density at radius 3 is 2.38 bits per heavy atom. The number of ether oxygens (including phenoxy) is 2. The highest BCUT2D eigenvalue weighted by molar-refractivity contribution is 6.57. The average molecular weight is 497 g/mol. The number of morpholine rings is 1. The van der Waals surface area contributed by atoms with Gasteiger partial charge < -0.3 is 14.4 Å². The Balaban J connectivity index is 1.31. The van der Waals surface area contributed by atoms with Gasteiger partial charge in [-0.25, -0.2) is 0 Å². The van der Waals surface area contributed by atoms with E-state index in [1.54, 1.807) is 26.7 Å². The Hall–Kier alpha value is -2.97. The number of hydrogen-bond acceptors (Lipinski definition) is 6. The first-order chi connectivity index (χ1) is 17.6.